The second-order valence-electron chi connectivity index (χ2n) is 10.5. The average molecular weight is 541 g/mol. The van der Waals surface area contributed by atoms with Crippen LogP contribution in [0.25, 0.3) is 16.9 Å². The zero-order valence-corrected chi connectivity index (χ0v) is 22.9. The first kappa shape index (κ1) is 25.1. The Morgan fingerprint density at radius 1 is 0.974 bits per heavy atom. The minimum Gasteiger partial charge on any atom is -0.293 e. The van der Waals surface area contributed by atoms with Crippen LogP contribution in [0.5, 0.6) is 0 Å². The Morgan fingerprint density at radius 2 is 1.68 bits per heavy atom. The number of rotatable bonds is 5. The number of halogens is 1. The van der Waals surface area contributed by atoms with Gasteiger partial charge in [0.25, 0.3) is 5.56 Å². The predicted octanol–water partition coefficient (Wildman–Crippen LogP) is 7.59. The fraction of sp³-hybridized carbons (Fsp3) is 0.281. The number of aromatic nitrogens is 2. The molecule has 1 heterocycles. The second kappa shape index (κ2) is 10.2. The first-order valence-corrected chi connectivity index (χ1v) is 14.6. The van der Waals surface area contributed by atoms with Gasteiger partial charge in [0, 0.05) is 21.6 Å². The highest BCUT2D eigenvalue weighted by atomic mass is 35.5. The minimum absolute atomic E-state index is 0.00306. The van der Waals surface area contributed by atoms with Gasteiger partial charge in [-0.1, -0.05) is 84.6 Å². The van der Waals surface area contributed by atoms with Crippen LogP contribution in [0.1, 0.15) is 59.2 Å². The Balaban J connectivity index is 1.52. The van der Waals surface area contributed by atoms with Crippen LogP contribution in [-0.4, -0.2) is 21.1 Å². The van der Waals surface area contributed by atoms with E-state index in [4.69, 9.17) is 16.6 Å². The summed E-state index contributed by atoms with van der Waals surface area (Å²) in [5.41, 5.74) is 6.24. The maximum Gasteiger partial charge on any atom is 0.263 e. The molecule has 0 amide bonds. The van der Waals surface area contributed by atoms with Gasteiger partial charge < -0.3 is 0 Å². The third-order valence-corrected chi connectivity index (χ3v) is 9.18. The van der Waals surface area contributed by atoms with Gasteiger partial charge in [-0.05, 0) is 68.1 Å². The van der Waals surface area contributed by atoms with E-state index in [1.807, 2.05) is 37.3 Å². The summed E-state index contributed by atoms with van der Waals surface area (Å²) in [4.78, 5) is 32.8. The summed E-state index contributed by atoms with van der Waals surface area (Å²) >= 11 is 7.33. The summed E-state index contributed by atoms with van der Waals surface area (Å²) in [6, 6.07) is 23.3. The van der Waals surface area contributed by atoms with Gasteiger partial charge in [-0.3, -0.25) is 14.2 Å². The number of hydrogen-bond acceptors (Lipinski definition) is 4. The van der Waals surface area contributed by atoms with Crippen LogP contribution in [0.2, 0.25) is 5.02 Å². The number of benzene rings is 3. The number of ketones is 1. The van der Waals surface area contributed by atoms with Crippen molar-refractivity contribution in [2.24, 2.45) is 0 Å². The zero-order valence-electron chi connectivity index (χ0n) is 21.4. The van der Waals surface area contributed by atoms with Crippen LogP contribution in [-0.2, 0) is 11.8 Å². The maximum atomic E-state index is 14.6. The molecule has 0 aliphatic heterocycles. The lowest BCUT2D eigenvalue weighted by Gasteiger charge is -2.42. The van der Waals surface area contributed by atoms with Crippen molar-refractivity contribution in [2.75, 3.05) is 5.75 Å². The van der Waals surface area contributed by atoms with Crippen molar-refractivity contribution < 1.29 is 4.79 Å². The van der Waals surface area contributed by atoms with E-state index in [0.29, 0.717) is 15.7 Å². The number of nitrogens with zero attached hydrogens (tertiary/aromatic N) is 2. The Hall–Kier alpha value is -3.15. The summed E-state index contributed by atoms with van der Waals surface area (Å²) < 4.78 is 1.74. The van der Waals surface area contributed by atoms with Crippen molar-refractivity contribution in [3.8, 4) is 16.9 Å². The molecule has 2 aliphatic carbocycles. The quantitative estimate of drug-likeness (QED) is 0.149. The lowest BCUT2D eigenvalue weighted by atomic mass is 9.62. The molecule has 3 aromatic carbocycles. The predicted molar refractivity (Wildman–Crippen MR) is 155 cm³/mol. The summed E-state index contributed by atoms with van der Waals surface area (Å²) in [5, 5.41) is 1.14. The van der Waals surface area contributed by atoms with E-state index in [1.54, 1.807) is 28.8 Å². The van der Waals surface area contributed by atoms with E-state index in [-0.39, 0.29) is 22.5 Å². The SMILES string of the molecule is Cc1ccc(-n2c(SCC(=O)c3ccc(Cl)cc3)nc3c(c2=O)C2(CCCCC2)Cc2ccccc2-3)cc1. The van der Waals surface area contributed by atoms with Crippen molar-refractivity contribution >= 4 is 29.1 Å². The number of fused-ring (bicyclic) bond motifs is 4. The van der Waals surface area contributed by atoms with Gasteiger partial charge in [-0.15, -0.1) is 0 Å². The molecule has 6 heteroatoms. The standard InChI is InChI=1S/C32H29ClN2O2S/c1-21-9-15-25(16-10-21)35-30(37)28-29(34-31(35)38-20-27(36)22-11-13-24(33)14-12-22)26-8-4-3-7-23(26)19-32(28)17-5-2-6-18-32/h3-4,7-16H,2,5-6,17-20H2,1H3. The van der Waals surface area contributed by atoms with Crippen molar-refractivity contribution in [1.82, 2.24) is 9.55 Å². The van der Waals surface area contributed by atoms with Crippen LogP contribution in [0.4, 0.5) is 0 Å². The lowest BCUT2D eigenvalue weighted by Crippen LogP contribution is -2.42. The summed E-state index contributed by atoms with van der Waals surface area (Å²) in [6.07, 6.45) is 6.33. The molecule has 1 aromatic heterocycles. The molecule has 0 N–H and O–H groups in total. The molecule has 0 unspecified atom stereocenters. The van der Waals surface area contributed by atoms with E-state index in [2.05, 4.69) is 18.2 Å². The van der Waals surface area contributed by atoms with E-state index < -0.39 is 0 Å². The molecular formula is C32H29ClN2O2S. The van der Waals surface area contributed by atoms with Crippen molar-refractivity contribution in [3.63, 3.8) is 0 Å². The summed E-state index contributed by atoms with van der Waals surface area (Å²) in [6.45, 7) is 2.03. The molecule has 4 nitrogen and oxygen atoms in total. The van der Waals surface area contributed by atoms with E-state index in [9.17, 15) is 9.59 Å². The molecule has 192 valence electrons. The van der Waals surface area contributed by atoms with Gasteiger partial charge in [0.15, 0.2) is 10.9 Å². The molecule has 1 fully saturated rings. The highest BCUT2D eigenvalue weighted by molar-refractivity contribution is 7.99. The minimum atomic E-state index is -0.194. The Bertz CT molecular complexity index is 1570. The maximum absolute atomic E-state index is 14.6. The fourth-order valence-corrected chi connectivity index (χ4v) is 7.08. The molecule has 38 heavy (non-hydrogen) atoms. The topological polar surface area (TPSA) is 52.0 Å². The molecule has 6 rings (SSSR count). The van der Waals surface area contributed by atoms with Crippen LogP contribution in [0.15, 0.2) is 82.7 Å². The number of Topliss-reactive ketones (excluding diaryl/α,β-unsaturated/α-hetero) is 1. The number of hydrogen-bond donors (Lipinski definition) is 0. The zero-order chi connectivity index (χ0) is 26.3. The molecule has 0 saturated heterocycles. The highest BCUT2D eigenvalue weighted by Gasteiger charge is 2.43. The van der Waals surface area contributed by atoms with Gasteiger partial charge in [0.2, 0.25) is 0 Å². The van der Waals surface area contributed by atoms with Gasteiger partial charge in [-0.25, -0.2) is 4.98 Å². The van der Waals surface area contributed by atoms with Gasteiger partial charge in [-0.2, -0.15) is 0 Å². The Morgan fingerprint density at radius 3 is 2.42 bits per heavy atom. The largest absolute Gasteiger partial charge is 0.293 e. The summed E-state index contributed by atoms with van der Waals surface area (Å²) in [7, 11) is 0. The van der Waals surface area contributed by atoms with Crippen LogP contribution < -0.4 is 5.56 Å². The third kappa shape index (κ3) is 4.52. The summed E-state index contributed by atoms with van der Waals surface area (Å²) in [5.74, 6) is 0.143. The monoisotopic (exact) mass is 540 g/mol. The van der Waals surface area contributed by atoms with Crippen molar-refractivity contribution in [1.29, 1.82) is 0 Å². The van der Waals surface area contributed by atoms with E-state index >= 15 is 0 Å². The molecule has 0 radical (unpaired) electrons. The fourth-order valence-electron chi connectivity index (χ4n) is 6.06. The first-order valence-electron chi connectivity index (χ1n) is 13.2. The molecular weight excluding hydrogens is 512 g/mol. The lowest BCUT2D eigenvalue weighted by molar-refractivity contribution is 0.102. The van der Waals surface area contributed by atoms with E-state index in [0.717, 1.165) is 60.2 Å². The van der Waals surface area contributed by atoms with Crippen molar-refractivity contribution in [3.05, 3.63) is 110 Å². The number of carbonyl (C=O) groups excluding carboxylic acids is 1. The third-order valence-electron chi connectivity index (χ3n) is 7.99. The van der Waals surface area contributed by atoms with Crippen LogP contribution >= 0.6 is 23.4 Å². The first-order chi connectivity index (χ1) is 18.4. The van der Waals surface area contributed by atoms with Gasteiger partial charge >= 0.3 is 0 Å². The molecule has 2 aliphatic rings. The molecule has 0 atom stereocenters. The Kier molecular flexibility index (Phi) is 6.75. The molecule has 4 aromatic rings. The highest BCUT2D eigenvalue weighted by Crippen LogP contribution is 2.49. The average Bonchev–Trinajstić information content (AvgIpc) is 2.93. The molecule has 1 spiro atoms. The number of carbonyl (C=O) groups is 1. The number of thioether (sulfide) groups is 1. The molecule has 1 saturated carbocycles. The van der Waals surface area contributed by atoms with Gasteiger partial charge in [0.1, 0.15) is 0 Å². The smallest absolute Gasteiger partial charge is 0.263 e. The Labute approximate surface area is 232 Å². The van der Waals surface area contributed by atoms with E-state index in [1.165, 1.54) is 23.7 Å². The van der Waals surface area contributed by atoms with Crippen LogP contribution in [0.3, 0.4) is 0 Å². The normalized spacial score (nSPS) is 15.6. The van der Waals surface area contributed by atoms with Gasteiger partial charge in [0.05, 0.1) is 22.7 Å². The number of aryl methyl sites for hydroxylation is 1. The van der Waals surface area contributed by atoms with Crippen LogP contribution in [0, 0.1) is 6.92 Å². The second-order valence-corrected chi connectivity index (χ2v) is 11.9. The van der Waals surface area contributed by atoms with Crippen molar-refractivity contribution in [2.45, 2.75) is 56.0 Å². The molecule has 0 bridgehead atoms.